The van der Waals surface area contributed by atoms with Crippen molar-refractivity contribution in [2.45, 2.75) is 19.0 Å². The summed E-state index contributed by atoms with van der Waals surface area (Å²) in [6.07, 6.45) is 1.72. The van der Waals surface area contributed by atoms with Crippen molar-refractivity contribution in [2.24, 2.45) is 0 Å². The number of para-hydroxylation sites is 1. The monoisotopic (exact) mass is 321 g/mol. The summed E-state index contributed by atoms with van der Waals surface area (Å²) < 4.78 is 5.43. The van der Waals surface area contributed by atoms with Gasteiger partial charge in [0.05, 0.1) is 5.56 Å². The first kappa shape index (κ1) is 14.5. The van der Waals surface area contributed by atoms with E-state index in [1.54, 1.807) is 12.1 Å². The molecule has 120 valence electrons. The van der Waals surface area contributed by atoms with Crippen LogP contribution in [0.3, 0.4) is 0 Å². The third kappa shape index (κ3) is 2.25. The maximum absolute atomic E-state index is 13.0. The normalized spacial score (nSPS) is 16.8. The maximum Gasteiger partial charge on any atom is 0.326 e. The highest BCUT2D eigenvalue weighted by Crippen LogP contribution is 2.28. The van der Waals surface area contributed by atoms with Crippen molar-refractivity contribution in [3.63, 3.8) is 0 Å². The largest absolute Gasteiger partial charge is 0.480 e. The predicted molar refractivity (Wildman–Crippen MR) is 87.7 cm³/mol. The molecule has 1 N–H and O–H groups in total. The average Bonchev–Trinajstić information content (AvgIpc) is 3.04. The molecular formula is C19H15NO4. The van der Waals surface area contributed by atoms with Gasteiger partial charge in [0.25, 0.3) is 5.91 Å². The Kier molecular flexibility index (Phi) is 3.34. The number of carboxylic acid groups (broad SMARTS) is 1. The van der Waals surface area contributed by atoms with E-state index in [2.05, 4.69) is 0 Å². The minimum Gasteiger partial charge on any atom is -0.480 e. The number of fused-ring (bicyclic) bond motifs is 2. The number of benzene rings is 2. The molecule has 4 rings (SSSR count). The van der Waals surface area contributed by atoms with Crippen molar-refractivity contribution in [3.05, 3.63) is 71.5 Å². The molecule has 24 heavy (non-hydrogen) atoms. The fourth-order valence-corrected chi connectivity index (χ4v) is 3.26. The zero-order chi connectivity index (χ0) is 16.7. The predicted octanol–water partition coefficient (Wildman–Crippen LogP) is 3.08. The van der Waals surface area contributed by atoms with Crippen LogP contribution in [0.2, 0.25) is 0 Å². The molecule has 0 aliphatic carbocycles. The van der Waals surface area contributed by atoms with Gasteiger partial charge >= 0.3 is 5.97 Å². The number of rotatable bonds is 2. The highest BCUT2D eigenvalue weighted by Gasteiger charge is 2.35. The van der Waals surface area contributed by atoms with Gasteiger partial charge in [0.2, 0.25) is 0 Å². The topological polar surface area (TPSA) is 70.8 Å². The second-order valence-corrected chi connectivity index (χ2v) is 5.91. The van der Waals surface area contributed by atoms with E-state index in [0.717, 1.165) is 11.1 Å². The van der Waals surface area contributed by atoms with Gasteiger partial charge in [0, 0.05) is 18.4 Å². The molecule has 1 amide bonds. The number of aliphatic carboxylic acids is 1. The molecule has 1 atom stereocenters. The van der Waals surface area contributed by atoms with Crippen molar-refractivity contribution in [3.8, 4) is 0 Å². The number of carbonyl (C=O) groups excluding carboxylic acids is 1. The average molecular weight is 321 g/mol. The molecule has 0 unspecified atom stereocenters. The summed E-state index contributed by atoms with van der Waals surface area (Å²) in [5, 5.41) is 10.3. The molecule has 1 aliphatic rings. The van der Waals surface area contributed by atoms with Gasteiger partial charge in [-0.25, -0.2) is 4.79 Å². The van der Waals surface area contributed by atoms with Crippen molar-refractivity contribution >= 4 is 22.8 Å². The first-order valence-electron chi connectivity index (χ1n) is 7.72. The quantitative estimate of drug-likeness (QED) is 0.787. The molecule has 0 saturated carbocycles. The Morgan fingerprint density at radius 3 is 2.54 bits per heavy atom. The lowest BCUT2D eigenvalue weighted by Gasteiger charge is -2.34. The number of carbonyl (C=O) groups is 2. The zero-order valence-electron chi connectivity index (χ0n) is 12.8. The fraction of sp³-hybridized carbons (Fsp3) is 0.158. The summed E-state index contributed by atoms with van der Waals surface area (Å²) in [4.78, 5) is 26.1. The summed E-state index contributed by atoms with van der Waals surface area (Å²) >= 11 is 0. The summed E-state index contributed by atoms with van der Waals surface area (Å²) in [7, 11) is 0. The summed E-state index contributed by atoms with van der Waals surface area (Å²) in [6, 6.07) is 14.0. The van der Waals surface area contributed by atoms with E-state index < -0.39 is 12.0 Å². The van der Waals surface area contributed by atoms with Gasteiger partial charge in [-0.3, -0.25) is 4.79 Å². The van der Waals surface area contributed by atoms with Crippen LogP contribution in [0.15, 0.2) is 59.2 Å². The highest BCUT2D eigenvalue weighted by molar-refractivity contribution is 6.07. The molecular weight excluding hydrogens is 306 g/mol. The van der Waals surface area contributed by atoms with Gasteiger partial charge in [0.15, 0.2) is 0 Å². The summed E-state index contributed by atoms with van der Waals surface area (Å²) in [6.45, 7) is 0.283. The van der Waals surface area contributed by atoms with Crippen molar-refractivity contribution in [1.29, 1.82) is 0 Å². The minimum absolute atomic E-state index is 0.283. The highest BCUT2D eigenvalue weighted by atomic mass is 16.4. The van der Waals surface area contributed by atoms with Gasteiger partial charge in [-0.2, -0.15) is 0 Å². The molecule has 5 heteroatoms. The molecule has 5 nitrogen and oxygen atoms in total. The fourth-order valence-electron chi connectivity index (χ4n) is 3.26. The minimum atomic E-state index is -0.995. The lowest BCUT2D eigenvalue weighted by molar-refractivity contribution is -0.142. The summed E-state index contributed by atoms with van der Waals surface area (Å²) in [5.74, 6) is -1.31. The number of hydrogen-bond acceptors (Lipinski definition) is 3. The van der Waals surface area contributed by atoms with Gasteiger partial charge in [-0.15, -0.1) is 0 Å². The van der Waals surface area contributed by atoms with E-state index in [0.29, 0.717) is 23.0 Å². The Labute approximate surface area is 138 Å². The smallest absolute Gasteiger partial charge is 0.326 e. The van der Waals surface area contributed by atoms with Crippen LogP contribution in [-0.2, 0) is 17.8 Å². The van der Waals surface area contributed by atoms with Crippen LogP contribution in [0.4, 0.5) is 0 Å². The Morgan fingerprint density at radius 2 is 1.75 bits per heavy atom. The van der Waals surface area contributed by atoms with Gasteiger partial charge in [0.1, 0.15) is 17.9 Å². The number of nitrogens with zero attached hydrogens (tertiary/aromatic N) is 1. The number of hydrogen-bond donors (Lipinski definition) is 1. The Bertz CT molecular complexity index is 943. The molecule has 3 aromatic rings. The van der Waals surface area contributed by atoms with Crippen LogP contribution in [0.25, 0.3) is 11.0 Å². The van der Waals surface area contributed by atoms with Crippen LogP contribution in [0, 0.1) is 0 Å². The lowest BCUT2D eigenvalue weighted by Crippen LogP contribution is -2.48. The Hall–Kier alpha value is -3.08. The van der Waals surface area contributed by atoms with Crippen molar-refractivity contribution < 1.29 is 19.1 Å². The van der Waals surface area contributed by atoms with Crippen molar-refractivity contribution in [2.75, 3.05) is 0 Å². The van der Waals surface area contributed by atoms with Crippen LogP contribution in [0.5, 0.6) is 0 Å². The Morgan fingerprint density at radius 1 is 1.04 bits per heavy atom. The van der Waals surface area contributed by atoms with E-state index in [1.807, 2.05) is 36.4 Å². The van der Waals surface area contributed by atoms with E-state index in [1.165, 1.54) is 11.2 Å². The van der Waals surface area contributed by atoms with Crippen LogP contribution < -0.4 is 0 Å². The molecule has 0 spiro atoms. The molecule has 1 aromatic heterocycles. The zero-order valence-corrected chi connectivity index (χ0v) is 12.8. The number of amides is 1. The maximum atomic E-state index is 13.0. The standard InChI is InChI=1S/C19H15NO4/c21-18(15-11-24-17-8-4-3-7-14(15)17)20-10-13-6-2-1-5-12(13)9-16(20)19(22)23/h1-8,11,16H,9-10H2,(H,22,23)/t16-/m0/s1. The molecule has 0 radical (unpaired) electrons. The Balaban J connectivity index is 1.76. The molecule has 0 saturated heterocycles. The lowest BCUT2D eigenvalue weighted by atomic mass is 9.93. The van der Waals surface area contributed by atoms with E-state index in [-0.39, 0.29) is 12.5 Å². The van der Waals surface area contributed by atoms with Crippen LogP contribution in [0.1, 0.15) is 21.5 Å². The van der Waals surface area contributed by atoms with Gasteiger partial charge in [-0.05, 0) is 17.2 Å². The number of furan rings is 1. The van der Waals surface area contributed by atoms with E-state index in [4.69, 9.17) is 4.42 Å². The summed E-state index contributed by atoms with van der Waals surface area (Å²) in [5.41, 5.74) is 2.98. The SMILES string of the molecule is O=C(O)[C@@H]1Cc2ccccc2CN1C(=O)c1coc2ccccc12. The molecule has 1 aliphatic heterocycles. The van der Waals surface area contributed by atoms with Crippen molar-refractivity contribution in [1.82, 2.24) is 4.90 Å². The van der Waals surface area contributed by atoms with Crippen LogP contribution >= 0.6 is 0 Å². The van der Waals surface area contributed by atoms with Gasteiger partial charge in [-0.1, -0.05) is 42.5 Å². The van der Waals surface area contributed by atoms with E-state index >= 15 is 0 Å². The second-order valence-electron chi connectivity index (χ2n) is 5.91. The molecule has 0 fully saturated rings. The third-order valence-electron chi connectivity index (χ3n) is 4.51. The molecule has 0 bridgehead atoms. The third-order valence-corrected chi connectivity index (χ3v) is 4.51. The van der Waals surface area contributed by atoms with Crippen LogP contribution in [-0.4, -0.2) is 27.9 Å². The number of carboxylic acids is 1. The molecule has 2 heterocycles. The van der Waals surface area contributed by atoms with Gasteiger partial charge < -0.3 is 14.4 Å². The second kappa shape index (κ2) is 5.53. The first-order valence-corrected chi connectivity index (χ1v) is 7.72. The first-order chi connectivity index (χ1) is 11.6. The van der Waals surface area contributed by atoms with E-state index in [9.17, 15) is 14.7 Å². The molecule has 2 aromatic carbocycles.